The molecule has 0 spiro atoms. The van der Waals surface area contributed by atoms with Crippen LogP contribution in [0.4, 0.5) is 0 Å². The van der Waals surface area contributed by atoms with Gasteiger partial charge in [0.1, 0.15) is 0 Å². The highest BCUT2D eigenvalue weighted by molar-refractivity contribution is 8.01. The van der Waals surface area contributed by atoms with Gasteiger partial charge in [-0.15, -0.1) is 11.8 Å². The van der Waals surface area contributed by atoms with Gasteiger partial charge in [0.25, 0.3) is 0 Å². The molecule has 5 aliphatic rings. The minimum absolute atomic E-state index is 0.0848. The lowest BCUT2D eigenvalue weighted by atomic mass is 9.94. The lowest BCUT2D eigenvalue weighted by Crippen LogP contribution is -2.41. The van der Waals surface area contributed by atoms with Gasteiger partial charge in [-0.1, -0.05) is 24.8 Å². The van der Waals surface area contributed by atoms with E-state index < -0.39 is 0 Å². The Morgan fingerprint density at radius 1 is 0.909 bits per heavy atom. The van der Waals surface area contributed by atoms with Gasteiger partial charge in [-0.25, -0.2) is 0 Å². The normalized spacial score (nSPS) is 34.3. The Morgan fingerprint density at radius 2 is 1.73 bits per heavy atom. The molecule has 0 aromatic carbocycles. The fourth-order valence-electron chi connectivity index (χ4n) is 4.85. The summed E-state index contributed by atoms with van der Waals surface area (Å²) in [5.74, 6) is 0.196. The highest BCUT2D eigenvalue weighted by atomic mass is 32.2. The van der Waals surface area contributed by atoms with E-state index in [0.29, 0.717) is 11.7 Å². The number of thioether (sulfide) groups is 1. The molecule has 0 N–H and O–H groups in total. The molecule has 0 aromatic rings. The van der Waals surface area contributed by atoms with E-state index in [1.165, 1.54) is 19.3 Å². The summed E-state index contributed by atoms with van der Waals surface area (Å²) in [4.78, 5) is 26.8. The molecule has 1 saturated heterocycles. The van der Waals surface area contributed by atoms with E-state index in [2.05, 4.69) is 0 Å². The first-order valence-corrected chi connectivity index (χ1v) is 9.61. The van der Waals surface area contributed by atoms with Crippen LogP contribution in [0.25, 0.3) is 0 Å². The van der Waals surface area contributed by atoms with Crippen LogP contribution in [0.3, 0.4) is 0 Å². The number of rotatable bonds is 3. The molecular weight excluding hydrogens is 294 g/mol. The zero-order valence-corrected chi connectivity index (χ0v) is 13.6. The standard InChI is InChI=1S/C18H21NO2S/c20-17-9-16(18(21)19(17)11-4-2-1-3-5-11)22-15-7-10-6-14(15)13-8-12(10)13/h11,15-16H,1-9H2. The second-order valence-electron chi connectivity index (χ2n) is 7.35. The number of fused-ring (bicyclic) bond motifs is 3. The van der Waals surface area contributed by atoms with Gasteiger partial charge in [-0.05, 0) is 48.8 Å². The number of carbonyl (C=O) groups is 2. The van der Waals surface area contributed by atoms with Crippen molar-refractivity contribution in [2.24, 2.45) is 0 Å². The van der Waals surface area contributed by atoms with Crippen molar-refractivity contribution in [1.82, 2.24) is 4.90 Å². The zero-order chi connectivity index (χ0) is 14.8. The van der Waals surface area contributed by atoms with Gasteiger partial charge >= 0.3 is 0 Å². The lowest BCUT2D eigenvalue weighted by molar-refractivity contribution is -0.141. The molecule has 2 bridgehead atoms. The van der Waals surface area contributed by atoms with E-state index in [4.69, 9.17) is 0 Å². The van der Waals surface area contributed by atoms with E-state index in [1.807, 2.05) is 0 Å². The van der Waals surface area contributed by atoms with Gasteiger partial charge in [0, 0.05) is 17.7 Å². The summed E-state index contributed by atoms with van der Waals surface area (Å²) in [6.45, 7) is 0. The molecule has 4 fully saturated rings. The summed E-state index contributed by atoms with van der Waals surface area (Å²) in [5, 5.41) is 0.374. The molecule has 2 atom stereocenters. The Bertz CT molecular complexity index is 641. The third kappa shape index (κ3) is 1.89. The number of hydrogen-bond acceptors (Lipinski definition) is 3. The molecule has 0 radical (unpaired) electrons. The van der Waals surface area contributed by atoms with Gasteiger partial charge in [0.2, 0.25) is 11.8 Å². The first-order chi connectivity index (χ1) is 10.7. The fraction of sp³-hybridized carbons (Fsp3) is 0.667. The van der Waals surface area contributed by atoms with E-state index in [-0.39, 0.29) is 23.1 Å². The van der Waals surface area contributed by atoms with Gasteiger partial charge in [0.15, 0.2) is 0 Å². The van der Waals surface area contributed by atoms with Crippen LogP contribution in [0.15, 0.2) is 22.3 Å². The van der Waals surface area contributed by atoms with Crippen molar-refractivity contribution in [3.8, 4) is 0 Å². The second kappa shape index (κ2) is 4.73. The second-order valence-corrected chi connectivity index (χ2v) is 8.77. The summed E-state index contributed by atoms with van der Waals surface area (Å²) in [5.41, 5.74) is 6.44. The van der Waals surface area contributed by atoms with Crippen LogP contribution < -0.4 is 0 Å². The van der Waals surface area contributed by atoms with Crippen LogP contribution in [0.1, 0.15) is 57.8 Å². The maximum absolute atomic E-state index is 12.8. The zero-order valence-electron chi connectivity index (χ0n) is 12.8. The van der Waals surface area contributed by atoms with Crippen LogP contribution in [0, 0.1) is 0 Å². The van der Waals surface area contributed by atoms with Crippen LogP contribution in [0.5, 0.6) is 0 Å². The Kier molecular flexibility index (Phi) is 2.89. The number of likely N-dealkylation sites (tertiary alicyclic amines) is 1. The quantitative estimate of drug-likeness (QED) is 0.750. The Labute approximate surface area is 135 Å². The maximum atomic E-state index is 12.8. The number of hydrogen-bond donors (Lipinski definition) is 0. The van der Waals surface area contributed by atoms with E-state index in [0.717, 1.165) is 32.1 Å². The number of nitrogens with zero attached hydrogens (tertiary/aromatic N) is 1. The topological polar surface area (TPSA) is 37.4 Å². The summed E-state index contributed by atoms with van der Waals surface area (Å²) in [7, 11) is 0. The molecule has 116 valence electrons. The van der Waals surface area contributed by atoms with Crippen molar-refractivity contribution < 1.29 is 9.59 Å². The highest BCUT2D eigenvalue weighted by Gasteiger charge is 2.48. The highest BCUT2D eigenvalue weighted by Crippen LogP contribution is 2.60. The molecule has 0 aromatic heterocycles. The van der Waals surface area contributed by atoms with Crippen LogP contribution >= 0.6 is 11.8 Å². The average molecular weight is 315 g/mol. The molecule has 4 aliphatic carbocycles. The van der Waals surface area contributed by atoms with Crippen molar-refractivity contribution in [2.75, 3.05) is 0 Å². The van der Waals surface area contributed by atoms with E-state index >= 15 is 0 Å². The van der Waals surface area contributed by atoms with Crippen molar-refractivity contribution in [2.45, 2.75) is 74.3 Å². The number of imide groups is 1. The van der Waals surface area contributed by atoms with Crippen molar-refractivity contribution >= 4 is 23.6 Å². The predicted octanol–water partition coefficient (Wildman–Crippen LogP) is 3.35. The van der Waals surface area contributed by atoms with E-state index in [1.54, 1.807) is 39.0 Å². The average Bonchev–Trinajstić information content (AvgIpc) is 3.03. The molecule has 4 heteroatoms. The molecular formula is C18H21NO2S. The maximum Gasteiger partial charge on any atom is 0.243 e. The molecule has 22 heavy (non-hydrogen) atoms. The van der Waals surface area contributed by atoms with Crippen LogP contribution in [-0.2, 0) is 9.59 Å². The summed E-state index contributed by atoms with van der Waals surface area (Å²) < 4.78 is 0. The third-order valence-electron chi connectivity index (χ3n) is 6.04. The first-order valence-electron chi connectivity index (χ1n) is 8.67. The minimum atomic E-state index is -0.116. The molecule has 3 saturated carbocycles. The molecule has 2 unspecified atom stereocenters. The molecule has 5 rings (SSSR count). The predicted molar refractivity (Wildman–Crippen MR) is 86.4 cm³/mol. The van der Waals surface area contributed by atoms with Crippen molar-refractivity contribution in [3.63, 3.8) is 0 Å². The molecule has 1 heterocycles. The Balaban J connectivity index is 1.30. The van der Waals surface area contributed by atoms with Gasteiger partial charge in [0.05, 0.1) is 5.25 Å². The number of allylic oxidation sites excluding steroid dienone is 3. The van der Waals surface area contributed by atoms with Gasteiger partial charge < -0.3 is 0 Å². The largest absolute Gasteiger partial charge is 0.278 e. The molecule has 3 nitrogen and oxygen atoms in total. The SMILES string of the molecule is O=C1CC(SC2CC3=C4CC4=C2C3)C(=O)N1C1CCCCC1. The van der Waals surface area contributed by atoms with Crippen LogP contribution in [0.2, 0.25) is 0 Å². The van der Waals surface area contributed by atoms with E-state index in [9.17, 15) is 9.59 Å². The Morgan fingerprint density at radius 3 is 2.45 bits per heavy atom. The van der Waals surface area contributed by atoms with Gasteiger partial charge in [-0.2, -0.15) is 0 Å². The van der Waals surface area contributed by atoms with Crippen molar-refractivity contribution in [1.29, 1.82) is 0 Å². The summed E-state index contributed by atoms with van der Waals surface area (Å²) in [6, 6.07) is 0.194. The number of amides is 2. The monoisotopic (exact) mass is 315 g/mol. The number of carbonyl (C=O) groups excluding carboxylic acids is 2. The summed E-state index contributed by atoms with van der Waals surface area (Å²) >= 11 is 1.78. The van der Waals surface area contributed by atoms with Crippen molar-refractivity contribution in [3.05, 3.63) is 22.3 Å². The summed E-state index contributed by atoms with van der Waals surface area (Å²) in [6.07, 6.45) is 9.57. The molecule has 2 amide bonds. The van der Waals surface area contributed by atoms with Gasteiger partial charge in [-0.3, -0.25) is 14.5 Å². The smallest absolute Gasteiger partial charge is 0.243 e. The lowest BCUT2D eigenvalue weighted by Gasteiger charge is -2.29. The fourth-order valence-corrected chi connectivity index (χ4v) is 6.40. The van der Waals surface area contributed by atoms with Crippen LogP contribution in [-0.4, -0.2) is 33.3 Å². The molecule has 1 aliphatic heterocycles. The third-order valence-corrected chi connectivity index (χ3v) is 7.52. The first kappa shape index (κ1) is 13.4. The Hall–Kier alpha value is -1.03. The minimum Gasteiger partial charge on any atom is -0.278 e.